The van der Waals surface area contributed by atoms with Gasteiger partial charge in [0.15, 0.2) is 5.43 Å². The number of pyridine rings is 2. The lowest BCUT2D eigenvalue weighted by molar-refractivity contribution is 0.0749. The zero-order valence-electron chi connectivity index (χ0n) is 19.1. The van der Waals surface area contributed by atoms with E-state index in [0.717, 1.165) is 27.5 Å². The minimum absolute atomic E-state index is 0.115. The highest BCUT2D eigenvalue weighted by atomic mass is 32.2. The molecule has 1 amide bonds. The van der Waals surface area contributed by atoms with Gasteiger partial charge in [0.05, 0.1) is 5.69 Å². The Morgan fingerprint density at radius 3 is 2.71 bits per heavy atom. The van der Waals surface area contributed by atoms with Crippen molar-refractivity contribution >= 4 is 29.0 Å². The first kappa shape index (κ1) is 22.6. The SMILES string of the molecule is CCN(Cc1ccncc1)C(=O)c1c2n(c(C)cc1=O)-c1ccccc1SC(c1ccsc1)C2. The van der Waals surface area contributed by atoms with Gasteiger partial charge in [-0.25, -0.2) is 0 Å². The maximum atomic E-state index is 13.9. The molecule has 0 saturated carbocycles. The summed E-state index contributed by atoms with van der Waals surface area (Å²) in [5.41, 5.74) is 4.92. The fourth-order valence-corrected chi connectivity index (χ4v) is 6.57. The largest absolute Gasteiger partial charge is 0.334 e. The van der Waals surface area contributed by atoms with E-state index in [1.54, 1.807) is 46.5 Å². The van der Waals surface area contributed by atoms with Crippen LogP contribution in [-0.4, -0.2) is 26.9 Å². The number of hydrogen-bond acceptors (Lipinski definition) is 5. The Bertz CT molecular complexity index is 1380. The van der Waals surface area contributed by atoms with E-state index >= 15 is 0 Å². The van der Waals surface area contributed by atoms with Gasteiger partial charge in [-0.2, -0.15) is 11.3 Å². The number of aromatic nitrogens is 2. The van der Waals surface area contributed by atoms with E-state index in [9.17, 15) is 9.59 Å². The van der Waals surface area contributed by atoms with Crippen LogP contribution in [0, 0.1) is 6.92 Å². The van der Waals surface area contributed by atoms with Crippen molar-refractivity contribution in [3.8, 4) is 5.69 Å². The summed E-state index contributed by atoms with van der Waals surface area (Å²) in [6.07, 6.45) is 4.04. The van der Waals surface area contributed by atoms with Crippen LogP contribution in [0.1, 0.15) is 45.0 Å². The molecule has 7 heteroatoms. The highest BCUT2D eigenvalue weighted by Crippen LogP contribution is 2.44. The lowest BCUT2D eigenvalue weighted by atomic mass is 10.0. The number of nitrogens with zero attached hydrogens (tertiary/aromatic N) is 3. The van der Waals surface area contributed by atoms with Crippen LogP contribution >= 0.6 is 23.1 Å². The molecule has 5 rings (SSSR count). The Hall–Kier alpha value is -3.16. The Balaban J connectivity index is 1.67. The molecule has 0 fully saturated rings. The molecule has 1 unspecified atom stereocenters. The van der Waals surface area contributed by atoms with E-state index in [1.165, 1.54) is 5.56 Å². The number of thioether (sulfide) groups is 1. The van der Waals surface area contributed by atoms with Gasteiger partial charge >= 0.3 is 0 Å². The van der Waals surface area contributed by atoms with Gasteiger partial charge in [0.25, 0.3) is 5.91 Å². The Morgan fingerprint density at radius 2 is 1.97 bits per heavy atom. The van der Waals surface area contributed by atoms with Crippen LogP contribution in [0.15, 0.2) is 81.4 Å². The minimum Gasteiger partial charge on any atom is -0.334 e. The second-order valence-electron chi connectivity index (χ2n) is 8.32. The smallest absolute Gasteiger partial charge is 0.259 e. The van der Waals surface area contributed by atoms with Gasteiger partial charge in [0, 0.05) is 59.5 Å². The molecule has 0 aliphatic carbocycles. The van der Waals surface area contributed by atoms with E-state index < -0.39 is 0 Å². The maximum absolute atomic E-state index is 13.9. The number of hydrogen-bond donors (Lipinski definition) is 0. The van der Waals surface area contributed by atoms with Crippen LogP contribution in [0.25, 0.3) is 5.69 Å². The van der Waals surface area contributed by atoms with Crippen molar-refractivity contribution in [1.82, 2.24) is 14.5 Å². The zero-order chi connectivity index (χ0) is 23.7. The van der Waals surface area contributed by atoms with Crippen molar-refractivity contribution in [3.63, 3.8) is 0 Å². The lowest BCUT2D eigenvalue weighted by Crippen LogP contribution is -2.36. The predicted molar refractivity (Wildman–Crippen MR) is 138 cm³/mol. The summed E-state index contributed by atoms with van der Waals surface area (Å²) < 4.78 is 2.11. The molecule has 0 N–H and O–H groups in total. The van der Waals surface area contributed by atoms with E-state index in [-0.39, 0.29) is 22.1 Å². The molecule has 4 aromatic rings. The lowest BCUT2D eigenvalue weighted by Gasteiger charge is -2.25. The quantitative estimate of drug-likeness (QED) is 0.365. The molecule has 0 bridgehead atoms. The molecular formula is C27H25N3O2S2. The molecule has 0 saturated heterocycles. The number of aryl methyl sites for hydroxylation is 1. The summed E-state index contributed by atoms with van der Waals surface area (Å²) in [4.78, 5) is 34.2. The van der Waals surface area contributed by atoms with Gasteiger partial charge in [-0.15, -0.1) is 11.8 Å². The average Bonchev–Trinajstić information content (AvgIpc) is 3.32. The molecule has 0 radical (unpaired) electrons. The van der Waals surface area contributed by atoms with Crippen LogP contribution in [0.5, 0.6) is 0 Å². The topological polar surface area (TPSA) is 55.2 Å². The van der Waals surface area contributed by atoms with Crippen LogP contribution in [0.4, 0.5) is 0 Å². The van der Waals surface area contributed by atoms with Gasteiger partial charge < -0.3 is 9.47 Å². The first-order chi connectivity index (χ1) is 16.6. The average molecular weight is 488 g/mol. The molecule has 172 valence electrons. The molecular weight excluding hydrogens is 462 g/mol. The third kappa shape index (κ3) is 4.21. The summed E-state index contributed by atoms with van der Waals surface area (Å²) in [6.45, 7) is 4.83. The highest BCUT2D eigenvalue weighted by Gasteiger charge is 2.30. The summed E-state index contributed by atoms with van der Waals surface area (Å²) in [5, 5.41) is 4.35. The minimum atomic E-state index is -0.221. The fraction of sp³-hybridized carbons (Fsp3) is 0.222. The summed E-state index contributed by atoms with van der Waals surface area (Å²) in [6, 6.07) is 15.8. The Morgan fingerprint density at radius 1 is 1.18 bits per heavy atom. The van der Waals surface area contributed by atoms with Crippen molar-refractivity contribution in [2.24, 2.45) is 0 Å². The van der Waals surface area contributed by atoms with E-state index in [4.69, 9.17) is 0 Å². The van der Waals surface area contributed by atoms with Gasteiger partial charge in [0.1, 0.15) is 5.56 Å². The number of rotatable bonds is 5. The molecule has 0 spiro atoms. The van der Waals surface area contributed by atoms with Gasteiger partial charge in [-0.05, 0) is 66.1 Å². The van der Waals surface area contributed by atoms with Crippen molar-refractivity contribution < 1.29 is 4.79 Å². The highest BCUT2D eigenvalue weighted by molar-refractivity contribution is 7.99. The van der Waals surface area contributed by atoms with E-state index in [0.29, 0.717) is 19.5 Å². The standard InChI is InChI=1S/C27H25N3O2S2/c1-3-29(16-19-8-11-28-12-9-19)27(32)26-22-15-25(20-10-13-33-17-20)34-24-7-5-4-6-21(24)30(22)18(2)14-23(26)31/h4-14,17,25H,3,15-16H2,1-2H3. The predicted octanol–water partition coefficient (Wildman–Crippen LogP) is 5.65. The third-order valence-corrected chi connectivity index (χ3v) is 8.20. The van der Waals surface area contributed by atoms with Crippen molar-refractivity contribution in [2.45, 2.75) is 37.0 Å². The number of para-hydroxylation sites is 1. The third-order valence-electron chi connectivity index (χ3n) is 6.17. The molecule has 1 aromatic carbocycles. The number of amides is 1. The molecule has 3 aromatic heterocycles. The Kier molecular flexibility index (Phi) is 6.39. The van der Waals surface area contributed by atoms with Crippen molar-refractivity contribution in [3.05, 3.63) is 110 Å². The summed E-state index contributed by atoms with van der Waals surface area (Å²) in [5.74, 6) is -0.221. The molecule has 1 aliphatic rings. The molecule has 34 heavy (non-hydrogen) atoms. The molecule has 4 heterocycles. The molecule has 1 aliphatic heterocycles. The van der Waals surface area contributed by atoms with Gasteiger partial charge in [-0.3, -0.25) is 14.6 Å². The van der Waals surface area contributed by atoms with Crippen LogP contribution in [-0.2, 0) is 13.0 Å². The monoisotopic (exact) mass is 487 g/mol. The number of benzene rings is 1. The Labute approximate surface area is 207 Å². The maximum Gasteiger partial charge on any atom is 0.259 e. The van der Waals surface area contributed by atoms with Crippen LogP contribution in [0.2, 0.25) is 0 Å². The van der Waals surface area contributed by atoms with Gasteiger partial charge in [0.2, 0.25) is 0 Å². The molecule has 1 atom stereocenters. The second kappa shape index (κ2) is 9.60. The molecule has 5 nitrogen and oxygen atoms in total. The van der Waals surface area contributed by atoms with E-state index in [1.807, 2.05) is 38.1 Å². The van der Waals surface area contributed by atoms with Gasteiger partial charge in [-0.1, -0.05) is 12.1 Å². The zero-order valence-corrected chi connectivity index (χ0v) is 20.7. The fourth-order valence-electron chi connectivity index (χ4n) is 4.50. The van der Waals surface area contributed by atoms with Crippen LogP contribution < -0.4 is 5.43 Å². The van der Waals surface area contributed by atoms with E-state index in [2.05, 4.69) is 38.5 Å². The number of thiophene rings is 1. The first-order valence-corrected chi connectivity index (χ1v) is 13.1. The van der Waals surface area contributed by atoms with Crippen molar-refractivity contribution in [2.75, 3.05) is 6.54 Å². The van der Waals surface area contributed by atoms with Crippen molar-refractivity contribution in [1.29, 1.82) is 0 Å². The number of carbonyl (C=O) groups is 1. The number of carbonyl (C=O) groups excluding carboxylic acids is 1. The van der Waals surface area contributed by atoms with Crippen LogP contribution in [0.3, 0.4) is 0 Å². The first-order valence-electron chi connectivity index (χ1n) is 11.3. The normalized spacial score (nSPS) is 14.7. The second-order valence-corrected chi connectivity index (χ2v) is 10.3. The number of fused-ring (bicyclic) bond motifs is 3. The summed E-state index contributed by atoms with van der Waals surface area (Å²) >= 11 is 3.46. The summed E-state index contributed by atoms with van der Waals surface area (Å²) in [7, 11) is 0.